The monoisotopic (exact) mass is 402 g/mol. The van der Waals surface area contributed by atoms with Crippen molar-refractivity contribution in [1.29, 1.82) is 0 Å². The van der Waals surface area contributed by atoms with Gasteiger partial charge in [-0.25, -0.2) is 16.8 Å². The quantitative estimate of drug-likeness (QED) is 0.659. The van der Waals surface area contributed by atoms with Crippen LogP contribution in [0.1, 0.15) is 5.56 Å². The lowest BCUT2D eigenvalue weighted by molar-refractivity contribution is 0.600. The maximum Gasteiger partial charge on any atom is 0.263 e. The van der Waals surface area contributed by atoms with E-state index in [9.17, 15) is 16.8 Å². The van der Waals surface area contributed by atoms with Crippen molar-refractivity contribution in [3.63, 3.8) is 0 Å². The van der Waals surface area contributed by atoms with Crippen LogP contribution in [-0.4, -0.2) is 16.8 Å². The Kier molecular flexibility index (Phi) is 5.20. The topological polar surface area (TPSA) is 92.3 Å². The van der Waals surface area contributed by atoms with Crippen LogP contribution in [0.25, 0.3) is 0 Å². The van der Waals surface area contributed by atoms with Gasteiger partial charge in [0.1, 0.15) is 4.90 Å². The summed E-state index contributed by atoms with van der Waals surface area (Å²) in [5, 5.41) is 0. The van der Waals surface area contributed by atoms with Crippen LogP contribution >= 0.6 is 0 Å². The summed E-state index contributed by atoms with van der Waals surface area (Å²) in [4.78, 5) is -0.110. The maximum absolute atomic E-state index is 12.7. The second-order valence-electron chi connectivity index (χ2n) is 5.89. The summed E-state index contributed by atoms with van der Waals surface area (Å²) in [7, 11) is -7.91. The molecule has 0 radical (unpaired) electrons. The van der Waals surface area contributed by atoms with E-state index in [-0.39, 0.29) is 15.5 Å². The van der Waals surface area contributed by atoms with E-state index < -0.39 is 20.0 Å². The molecular formula is C19H18N2O4S2. The highest BCUT2D eigenvalue weighted by molar-refractivity contribution is 7.94. The zero-order chi connectivity index (χ0) is 19.5. The lowest BCUT2D eigenvalue weighted by Gasteiger charge is -2.14. The number of para-hydroxylation sites is 2. The number of benzene rings is 3. The van der Waals surface area contributed by atoms with Gasteiger partial charge in [0.05, 0.1) is 10.6 Å². The molecule has 0 bridgehead atoms. The van der Waals surface area contributed by atoms with Gasteiger partial charge < -0.3 is 0 Å². The molecule has 27 heavy (non-hydrogen) atoms. The number of hydrogen-bond donors (Lipinski definition) is 2. The Balaban J connectivity index is 1.95. The van der Waals surface area contributed by atoms with Crippen LogP contribution in [0.4, 0.5) is 11.4 Å². The molecule has 6 nitrogen and oxygen atoms in total. The molecule has 3 aromatic carbocycles. The molecule has 3 aromatic rings. The molecule has 0 heterocycles. The normalized spacial score (nSPS) is 11.7. The van der Waals surface area contributed by atoms with Gasteiger partial charge in [0, 0.05) is 5.69 Å². The highest BCUT2D eigenvalue weighted by Gasteiger charge is 2.22. The Morgan fingerprint density at radius 2 is 1.22 bits per heavy atom. The predicted octanol–water partition coefficient (Wildman–Crippen LogP) is 3.60. The van der Waals surface area contributed by atoms with Gasteiger partial charge in [-0.1, -0.05) is 48.0 Å². The lowest BCUT2D eigenvalue weighted by Crippen LogP contribution is -2.18. The van der Waals surface area contributed by atoms with Gasteiger partial charge in [0.2, 0.25) is 0 Å². The van der Waals surface area contributed by atoms with Crippen molar-refractivity contribution in [2.75, 3.05) is 9.44 Å². The van der Waals surface area contributed by atoms with Crippen molar-refractivity contribution in [1.82, 2.24) is 0 Å². The van der Waals surface area contributed by atoms with E-state index in [0.717, 1.165) is 5.56 Å². The molecule has 0 saturated carbocycles. The van der Waals surface area contributed by atoms with E-state index in [2.05, 4.69) is 9.44 Å². The summed E-state index contributed by atoms with van der Waals surface area (Å²) >= 11 is 0. The molecule has 0 aromatic heterocycles. The van der Waals surface area contributed by atoms with Gasteiger partial charge in [-0.2, -0.15) is 0 Å². The molecule has 0 unspecified atom stereocenters. The molecule has 3 rings (SSSR count). The summed E-state index contributed by atoms with van der Waals surface area (Å²) in [5.74, 6) is 0. The fourth-order valence-corrected chi connectivity index (χ4v) is 4.79. The van der Waals surface area contributed by atoms with Crippen molar-refractivity contribution in [3.8, 4) is 0 Å². The first-order valence-electron chi connectivity index (χ1n) is 8.04. The maximum atomic E-state index is 12.7. The number of sulfonamides is 2. The van der Waals surface area contributed by atoms with E-state index in [1.54, 1.807) is 48.5 Å². The molecule has 0 atom stereocenters. The number of aryl methyl sites for hydroxylation is 1. The summed E-state index contributed by atoms with van der Waals surface area (Å²) in [6, 6.07) is 20.5. The molecule has 0 fully saturated rings. The summed E-state index contributed by atoms with van der Waals surface area (Å²) < 4.78 is 55.5. The molecular weight excluding hydrogens is 384 g/mol. The van der Waals surface area contributed by atoms with Crippen molar-refractivity contribution < 1.29 is 16.8 Å². The van der Waals surface area contributed by atoms with Gasteiger partial charge in [-0.15, -0.1) is 0 Å². The fourth-order valence-electron chi connectivity index (χ4n) is 2.42. The van der Waals surface area contributed by atoms with Crippen LogP contribution in [0.2, 0.25) is 0 Å². The average Bonchev–Trinajstić information content (AvgIpc) is 2.62. The zero-order valence-electron chi connectivity index (χ0n) is 14.5. The first-order valence-corrected chi connectivity index (χ1v) is 11.0. The third kappa shape index (κ3) is 4.47. The minimum atomic E-state index is -3.98. The smallest absolute Gasteiger partial charge is 0.263 e. The van der Waals surface area contributed by atoms with Crippen LogP contribution in [0.15, 0.2) is 88.7 Å². The third-order valence-corrected chi connectivity index (χ3v) is 6.60. The Hall–Kier alpha value is -2.84. The highest BCUT2D eigenvalue weighted by Crippen LogP contribution is 2.26. The molecule has 140 valence electrons. The molecule has 2 N–H and O–H groups in total. The molecule has 0 amide bonds. The van der Waals surface area contributed by atoms with Crippen LogP contribution in [0, 0.1) is 6.92 Å². The minimum absolute atomic E-state index is 0.0264. The molecule has 0 spiro atoms. The summed E-state index contributed by atoms with van der Waals surface area (Å²) in [6.07, 6.45) is 0. The summed E-state index contributed by atoms with van der Waals surface area (Å²) in [6.45, 7) is 1.85. The van der Waals surface area contributed by atoms with Gasteiger partial charge in [0.15, 0.2) is 0 Å². The molecule has 0 aliphatic carbocycles. The Labute approximate surface area is 159 Å². The van der Waals surface area contributed by atoms with E-state index in [1.807, 2.05) is 6.92 Å². The Morgan fingerprint density at radius 1 is 0.630 bits per heavy atom. The van der Waals surface area contributed by atoms with Gasteiger partial charge >= 0.3 is 0 Å². The predicted molar refractivity (Wildman–Crippen MR) is 106 cm³/mol. The first kappa shape index (κ1) is 18.9. The van der Waals surface area contributed by atoms with E-state index >= 15 is 0 Å². The second kappa shape index (κ2) is 7.42. The number of anilines is 2. The van der Waals surface area contributed by atoms with Gasteiger partial charge in [-0.05, 0) is 43.3 Å². The Morgan fingerprint density at radius 3 is 1.89 bits per heavy atom. The van der Waals surface area contributed by atoms with Gasteiger partial charge in [0.25, 0.3) is 20.0 Å². The van der Waals surface area contributed by atoms with Crippen LogP contribution < -0.4 is 9.44 Å². The number of rotatable bonds is 6. The zero-order valence-corrected chi connectivity index (χ0v) is 16.1. The van der Waals surface area contributed by atoms with Gasteiger partial charge in [-0.3, -0.25) is 9.44 Å². The SMILES string of the molecule is Cc1ccc(S(=O)(=O)Nc2ccccc2S(=O)(=O)Nc2ccccc2)cc1. The minimum Gasteiger partial charge on any atom is -0.280 e. The van der Waals surface area contributed by atoms with Crippen molar-refractivity contribution in [2.24, 2.45) is 0 Å². The van der Waals surface area contributed by atoms with Crippen molar-refractivity contribution >= 4 is 31.4 Å². The van der Waals surface area contributed by atoms with Crippen LogP contribution in [0.5, 0.6) is 0 Å². The molecule has 0 saturated heterocycles. The van der Waals surface area contributed by atoms with E-state index in [1.165, 1.54) is 30.3 Å². The van der Waals surface area contributed by atoms with Crippen LogP contribution in [-0.2, 0) is 20.0 Å². The standard InChI is InChI=1S/C19H18N2O4S2/c1-15-11-13-17(14-12-15)26(22,23)21-18-9-5-6-10-19(18)27(24,25)20-16-7-3-2-4-8-16/h2-14,20-21H,1H3. The average molecular weight is 402 g/mol. The lowest BCUT2D eigenvalue weighted by atomic mass is 10.2. The Bertz CT molecular complexity index is 1140. The number of hydrogen-bond acceptors (Lipinski definition) is 4. The van der Waals surface area contributed by atoms with E-state index in [0.29, 0.717) is 5.69 Å². The molecule has 0 aliphatic heterocycles. The fraction of sp³-hybridized carbons (Fsp3) is 0.0526. The van der Waals surface area contributed by atoms with Crippen LogP contribution in [0.3, 0.4) is 0 Å². The van der Waals surface area contributed by atoms with Crippen molar-refractivity contribution in [2.45, 2.75) is 16.7 Å². The first-order chi connectivity index (χ1) is 12.8. The highest BCUT2D eigenvalue weighted by atomic mass is 32.2. The third-order valence-electron chi connectivity index (χ3n) is 3.78. The molecule has 0 aliphatic rings. The molecule has 8 heteroatoms. The van der Waals surface area contributed by atoms with E-state index in [4.69, 9.17) is 0 Å². The second-order valence-corrected chi connectivity index (χ2v) is 9.22. The number of nitrogens with one attached hydrogen (secondary N) is 2. The van der Waals surface area contributed by atoms with Crippen molar-refractivity contribution in [3.05, 3.63) is 84.4 Å². The largest absolute Gasteiger partial charge is 0.280 e. The summed E-state index contributed by atoms with van der Waals surface area (Å²) in [5.41, 5.74) is 1.28.